The van der Waals surface area contributed by atoms with E-state index in [9.17, 15) is 4.79 Å². The van der Waals surface area contributed by atoms with Gasteiger partial charge in [0.15, 0.2) is 0 Å². The van der Waals surface area contributed by atoms with Crippen molar-refractivity contribution in [1.82, 2.24) is 5.32 Å². The van der Waals surface area contributed by atoms with Gasteiger partial charge in [0.25, 0.3) is 0 Å². The van der Waals surface area contributed by atoms with Gasteiger partial charge in [0, 0.05) is 17.6 Å². The molecule has 0 aliphatic carbocycles. The Morgan fingerprint density at radius 1 is 1.47 bits per heavy atom. The zero-order valence-electron chi connectivity index (χ0n) is 11.4. The maximum absolute atomic E-state index is 11.8. The van der Waals surface area contributed by atoms with Crippen LogP contribution in [0.3, 0.4) is 0 Å². The summed E-state index contributed by atoms with van der Waals surface area (Å²) in [5, 5.41) is 14.5. The molecule has 0 saturated heterocycles. The molecule has 1 atom stereocenters. The van der Waals surface area contributed by atoms with E-state index < -0.39 is 0 Å². The summed E-state index contributed by atoms with van der Waals surface area (Å²) in [6.45, 7) is 4.76. The van der Waals surface area contributed by atoms with Gasteiger partial charge in [-0.1, -0.05) is 19.4 Å². The molecule has 5 heteroatoms. The second-order valence-corrected chi connectivity index (χ2v) is 5.46. The lowest BCUT2D eigenvalue weighted by Crippen LogP contribution is -2.33. The molecule has 0 aromatic heterocycles. The predicted molar refractivity (Wildman–Crippen MR) is 81.4 cm³/mol. The Labute approximate surface area is 122 Å². The number of benzene rings is 1. The van der Waals surface area contributed by atoms with Crippen molar-refractivity contribution < 1.29 is 9.90 Å². The first-order chi connectivity index (χ1) is 9.06. The van der Waals surface area contributed by atoms with Crippen LogP contribution in [0.1, 0.15) is 25.3 Å². The van der Waals surface area contributed by atoms with Crippen LogP contribution in [-0.2, 0) is 0 Å². The second-order valence-electron chi connectivity index (χ2n) is 4.60. The van der Waals surface area contributed by atoms with Crippen LogP contribution >= 0.6 is 15.9 Å². The quantitative estimate of drug-likeness (QED) is 0.750. The minimum absolute atomic E-state index is 0.158. The smallest absolute Gasteiger partial charge is 0.319 e. The van der Waals surface area contributed by atoms with Crippen molar-refractivity contribution in [3.05, 3.63) is 28.2 Å². The highest BCUT2D eigenvalue weighted by Crippen LogP contribution is 2.23. The lowest BCUT2D eigenvalue weighted by atomic mass is 10.0. The van der Waals surface area contributed by atoms with Crippen molar-refractivity contribution >= 4 is 27.6 Å². The van der Waals surface area contributed by atoms with E-state index in [2.05, 4.69) is 33.5 Å². The third-order valence-electron chi connectivity index (χ3n) is 3.04. The van der Waals surface area contributed by atoms with Gasteiger partial charge in [0.1, 0.15) is 0 Å². The fourth-order valence-corrected chi connectivity index (χ4v) is 2.12. The number of aliphatic hydroxyl groups excluding tert-OH is 1. The Hall–Kier alpha value is -1.07. The summed E-state index contributed by atoms with van der Waals surface area (Å²) < 4.78 is 0.857. The lowest BCUT2D eigenvalue weighted by molar-refractivity contribution is 0.238. The highest BCUT2D eigenvalue weighted by molar-refractivity contribution is 9.10. The topological polar surface area (TPSA) is 61.4 Å². The molecule has 2 amide bonds. The molecule has 19 heavy (non-hydrogen) atoms. The van der Waals surface area contributed by atoms with Crippen LogP contribution in [0.15, 0.2) is 22.7 Å². The number of aryl methyl sites for hydroxylation is 1. The van der Waals surface area contributed by atoms with Gasteiger partial charge in [-0.2, -0.15) is 0 Å². The summed E-state index contributed by atoms with van der Waals surface area (Å²) in [5.74, 6) is 0.316. The van der Waals surface area contributed by atoms with E-state index in [0.29, 0.717) is 18.9 Å². The van der Waals surface area contributed by atoms with Gasteiger partial charge in [0.2, 0.25) is 0 Å². The van der Waals surface area contributed by atoms with Crippen molar-refractivity contribution in [2.24, 2.45) is 5.92 Å². The monoisotopic (exact) mass is 328 g/mol. The number of nitrogens with one attached hydrogen (secondary N) is 2. The Balaban J connectivity index is 2.48. The summed E-state index contributed by atoms with van der Waals surface area (Å²) in [7, 11) is 0. The minimum Gasteiger partial charge on any atom is -0.396 e. The molecule has 0 spiro atoms. The molecule has 0 radical (unpaired) electrons. The number of carbonyl (C=O) groups is 1. The molecule has 0 heterocycles. The van der Waals surface area contributed by atoms with Crippen molar-refractivity contribution in [3.63, 3.8) is 0 Å². The van der Waals surface area contributed by atoms with E-state index in [1.807, 2.05) is 25.1 Å². The van der Waals surface area contributed by atoms with Crippen LogP contribution in [0.4, 0.5) is 10.5 Å². The Kier molecular flexibility index (Phi) is 6.87. The molecule has 3 N–H and O–H groups in total. The van der Waals surface area contributed by atoms with Gasteiger partial charge in [0.05, 0.1) is 5.69 Å². The molecule has 106 valence electrons. The first kappa shape index (κ1) is 16.0. The first-order valence-corrected chi connectivity index (χ1v) is 7.28. The summed E-state index contributed by atoms with van der Waals surface area (Å²) in [6, 6.07) is 5.57. The molecule has 0 aliphatic heterocycles. The number of rotatable bonds is 6. The molecular formula is C14H21BrN2O2. The number of carbonyl (C=O) groups excluding carboxylic acids is 1. The van der Waals surface area contributed by atoms with Crippen LogP contribution in [-0.4, -0.2) is 24.3 Å². The molecule has 1 unspecified atom stereocenters. The molecular weight excluding hydrogens is 308 g/mol. The molecule has 4 nitrogen and oxygen atoms in total. The number of amides is 2. The zero-order valence-corrected chi connectivity index (χ0v) is 13.0. The highest BCUT2D eigenvalue weighted by atomic mass is 79.9. The first-order valence-electron chi connectivity index (χ1n) is 6.48. The standard InChI is InChI=1S/C14H21BrN2O2/c1-3-11(6-7-18)9-16-14(19)17-13-8-10(2)4-5-12(13)15/h4-5,8,11,18H,3,6-7,9H2,1-2H3,(H2,16,17,19). The van der Waals surface area contributed by atoms with Gasteiger partial charge in [-0.3, -0.25) is 0 Å². The number of aliphatic hydroxyl groups is 1. The molecule has 0 fully saturated rings. The highest BCUT2D eigenvalue weighted by Gasteiger charge is 2.09. The Morgan fingerprint density at radius 2 is 2.21 bits per heavy atom. The van der Waals surface area contributed by atoms with Crippen molar-refractivity contribution in [2.75, 3.05) is 18.5 Å². The summed E-state index contributed by atoms with van der Waals surface area (Å²) in [4.78, 5) is 11.8. The normalized spacial score (nSPS) is 12.0. The third-order valence-corrected chi connectivity index (χ3v) is 3.73. The van der Waals surface area contributed by atoms with E-state index in [4.69, 9.17) is 5.11 Å². The van der Waals surface area contributed by atoms with Crippen LogP contribution < -0.4 is 10.6 Å². The number of halogens is 1. The maximum Gasteiger partial charge on any atom is 0.319 e. The van der Waals surface area contributed by atoms with Gasteiger partial charge in [-0.05, 0) is 52.9 Å². The van der Waals surface area contributed by atoms with E-state index in [1.54, 1.807) is 0 Å². The van der Waals surface area contributed by atoms with Crippen LogP contribution in [0.5, 0.6) is 0 Å². The molecule has 1 rings (SSSR count). The summed E-state index contributed by atoms with van der Waals surface area (Å²) in [6.07, 6.45) is 1.65. The number of hydrogen-bond acceptors (Lipinski definition) is 2. The van der Waals surface area contributed by atoms with Gasteiger partial charge < -0.3 is 15.7 Å². The van der Waals surface area contributed by atoms with E-state index >= 15 is 0 Å². The average Bonchev–Trinajstić information content (AvgIpc) is 2.39. The second kappa shape index (κ2) is 8.17. The van der Waals surface area contributed by atoms with Crippen molar-refractivity contribution in [3.8, 4) is 0 Å². The van der Waals surface area contributed by atoms with E-state index in [-0.39, 0.29) is 12.6 Å². The van der Waals surface area contributed by atoms with Gasteiger partial charge in [-0.25, -0.2) is 4.79 Å². The Bertz CT molecular complexity index is 424. The van der Waals surface area contributed by atoms with Crippen molar-refractivity contribution in [1.29, 1.82) is 0 Å². The SMILES string of the molecule is CCC(CCO)CNC(=O)Nc1cc(C)ccc1Br. The van der Waals surface area contributed by atoms with Gasteiger partial charge >= 0.3 is 6.03 Å². The molecule has 0 saturated carbocycles. The van der Waals surface area contributed by atoms with E-state index in [0.717, 1.165) is 22.1 Å². The fraction of sp³-hybridized carbons (Fsp3) is 0.500. The zero-order chi connectivity index (χ0) is 14.3. The molecule has 1 aromatic carbocycles. The largest absolute Gasteiger partial charge is 0.396 e. The summed E-state index contributed by atoms with van der Waals surface area (Å²) in [5.41, 5.74) is 1.85. The molecule has 1 aromatic rings. The number of anilines is 1. The minimum atomic E-state index is -0.220. The van der Waals surface area contributed by atoms with E-state index in [1.165, 1.54) is 0 Å². The molecule has 0 bridgehead atoms. The fourth-order valence-electron chi connectivity index (χ4n) is 1.77. The Morgan fingerprint density at radius 3 is 2.84 bits per heavy atom. The summed E-state index contributed by atoms with van der Waals surface area (Å²) >= 11 is 3.40. The van der Waals surface area contributed by atoms with Gasteiger partial charge in [-0.15, -0.1) is 0 Å². The number of urea groups is 1. The van der Waals surface area contributed by atoms with Crippen LogP contribution in [0.2, 0.25) is 0 Å². The third kappa shape index (κ3) is 5.61. The van der Waals surface area contributed by atoms with Crippen LogP contribution in [0.25, 0.3) is 0 Å². The van der Waals surface area contributed by atoms with Crippen molar-refractivity contribution in [2.45, 2.75) is 26.7 Å². The van der Waals surface area contributed by atoms with Crippen LogP contribution in [0, 0.1) is 12.8 Å². The maximum atomic E-state index is 11.8. The predicted octanol–water partition coefficient (Wildman–Crippen LogP) is 3.29. The molecule has 0 aliphatic rings. The average molecular weight is 329 g/mol. The lowest BCUT2D eigenvalue weighted by Gasteiger charge is -2.15. The number of hydrogen-bond donors (Lipinski definition) is 3.